The van der Waals surface area contributed by atoms with Gasteiger partial charge in [-0.15, -0.1) is 11.8 Å². The van der Waals surface area contributed by atoms with E-state index < -0.39 is 12.1 Å². The number of rotatable bonds is 0. The van der Waals surface area contributed by atoms with Gasteiger partial charge in [0.25, 0.3) is 0 Å². The first-order chi connectivity index (χ1) is 5.70. The van der Waals surface area contributed by atoms with Gasteiger partial charge < -0.3 is 0 Å². The van der Waals surface area contributed by atoms with Crippen LogP contribution in [0.2, 0.25) is 0 Å². The van der Waals surface area contributed by atoms with E-state index in [2.05, 4.69) is 0 Å². The number of hydrogen-bond acceptors (Lipinski definition) is 1. The molecule has 0 nitrogen and oxygen atoms in total. The van der Waals surface area contributed by atoms with E-state index in [9.17, 15) is 4.39 Å². The van der Waals surface area contributed by atoms with Gasteiger partial charge >= 0.3 is 0 Å². The van der Waals surface area contributed by atoms with Crippen LogP contribution in [0.1, 0.15) is 8.30 Å². The van der Waals surface area contributed by atoms with Gasteiger partial charge in [-0.05, 0) is 18.5 Å². The Morgan fingerprint density at radius 1 is 1.60 bits per heavy atom. The van der Waals surface area contributed by atoms with Crippen LogP contribution in [0.3, 0.4) is 0 Å². The zero-order chi connectivity index (χ0) is 8.72. The summed E-state index contributed by atoms with van der Waals surface area (Å²) in [4.78, 5) is 0.745. The van der Waals surface area contributed by atoms with Crippen LogP contribution < -0.4 is 0 Å². The fourth-order valence-corrected chi connectivity index (χ4v) is 1.76. The zero-order valence-corrected chi connectivity index (χ0v) is 5.99. The second-order valence-corrected chi connectivity index (χ2v) is 3.02. The van der Waals surface area contributed by atoms with E-state index in [1.54, 1.807) is 12.1 Å². The molecule has 2 heteroatoms. The van der Waals surface area contributed by atoms with Crippen molar-refractivity contribution in [2.24, 2.45) is 0 Å². The van der Waals surface area contributed by atoms with Crippen molar-refractivity contribution in [3.05, 3.63) is 29.6 Å². The third-order valence-electron chi connectivity index (χ3n) is 1.44. The Labute approximate surface area is 66.3 Å². The van der Waals surface area contributed by atoms with E-state index in [1.807, 2.05) is 0 Å². The maximum absolute atomic E-state index is 13.1. The summed E-state index contributed by atoms with van der Waals surface area (Å²) in [7, 11) is 0. The van der Waals surface area contributed by atoms with Crippen LogP contribution >= 0.6 is 11.8 Å². The third-order valence-corrected chi connectivity index (χ3v) is 2.32. The van der Waals surface area contributed by atoms with Crippen LogP contribution in [-0.4, -0.2) is 5.73 Å². The molecule has 0 bridgehead atoms. The fourth-order valence-electron chi connectivity index (χ4n) is 0.957. The van der Waals surface area contributed by atoms with Gasteiger partial charge in [0.05, 0.1) is 0 Å². The highest BCUT2D eigenvalue weighted by atomic mass is 32.2. The first-order valence-corrected chi connectivity index (χ1v) is 3.87. The summed E-state index contributed by atoms with van der Waals surface area (Å²) in [6, 6.07) is 4.73. The summed E-state index contributed by atoms with van der Waals surface area (Å²) in [5.41, 5.74) is -0.181. The molecule has 0 aliphatic carbocycles. The number of fused-ring (bicyclic) bond motifs is 1. The largest absolute Gasteiger partial charge is 0.207 e. The monoisotopic (exact) mass is 156 g/mol. The molecule has 0 N–H and O–H groups in total. The summed E-state index contributed by atoms with van der Waals surface area (Å²) >= 11 is 1.25. The minimum atomic E-state index is -0.730. The number of hydrogen-bond donors (Lipinski definition) is 0. The Morgan fingerprint density at radius 2 is 2.50 bits per heavy atom. The minimum Gasteiger partial charge on any atom is -0.207 e. The van der Waals surface area contributed by atoms with Crippen molar-refractivity contribution in [1.29, 1.82) is 0 Å². The van der Waals surface area contributed by atoms with Crippen molar-refractivity contribution in [1.82, 2.24) is 0 Å². The summed E-state index contributed by atoms with van der Waals surface area (Å²) in [5, 5.41) is 0. The smallest absolute Gasteiger partial charge is 0.127 e. The van der Waals surface area contributed by atoms with E-state index >= 15 is 0 Å². The predicted octanol–water partition coefficient (Wildman–Crippen LogP) is 2.47. The SMILES string of the molecule is [2H]C1Sc2cccc(F)c2C1[2H]. The van der Waals surface area contributed by atoms with Crippen molar-refractivity contribution in [2.75, 3.05) is 5.73 Å². The van der Waals surface area contributed by atoms with Crippen molar-refractivity contribution in [2.45, 2.75) is 11.3 Å². The lowest BCUT2D eigenvalue weighted by molar-refractivity contribution is 0.609. The molecule has 0 amide bonds. The maximum Gasteiger partial charge on any atom is 0.127 e. The van der Waals surface area contributed by atoms with E-state index in [1.165, 1.54) is 17.8 Å². The first kappa shape index (κ1) is 4.39. The number of halogens is 1. The molecule has 0 saturated carbocycles. The zero-order valence-electron chi connectivity index (χ0n) is 7.17. The average molecular weight is 156 g/mol. The van der Waals surface area contributed by atoms with Gasteiger partial charge in [-0.3, -0.25) is 0 Å². The summed E-state index contributed by atoms with van der Waals surface area (Å²) in [6.07, 6.45) is -0.730. The molecule has 1 aromatic carbocycles. The maximum atomic E-state index is 13.1. The van der Waals surface area contributed by atoms with Crippen molar-refractivity contribution in [3.8, 4) is 0 Å². The molecule has 2 unspecified atom stereocenters. The molecule has 0 aromatic heterocycles. The summed E-state index contributed by atoms with van der Waals surface area (Å²) in [5.74, 6) is -0.352. The molecule has 2 rings (SSSR count). The standard InChI is InChI=1S/C8H7FS/c9-7-2-1-3-8-6(7)4-5-10-8/h1-3H,4-5H2/i4D,5D. The molecule has 0 spiro atoms. The molecule has 0 saturated heterocycles. The molecule has 1 aromatic rings. The normalized spacial score (nSPS) is 32.9. The average Bonchev–Trinajstić information content (AvgIpc) is 2.29. The Morgan fingerprint density at radius 3 is 3.30 bits per heavy atom. The van der Waals surface area contributed by atoms with Crippen LogP contribution in [0.25, 0.3) is 0 Å². The Kier molecular flexibility index (Phi) is 0.999. The van der Waals surface area contributed by atoms with Gasteiger partial charge in [0.1, 0.15) is 5.82 Å². The van der Waals surface area contributed by atoms with Gasteiger partial charge in [-0.1, -0.05) is 6.07 Å². The number of benzene rings is 1. The van der Waals surface area contributed by atoms with Crippen LogP contribution in [0.4, 0.5) is 4.39 Å². The third kappa shape index (κ3) is 0.833. The molecule has 1 heterocycles. The van der Waals surface area contributed by atoms with Gasteiger partial charge in [0.2, 0.25) is 0 Å². The highest BCUT2D eigenvalue weighted by Crippen LogP contribution is 2.32. The molecule has 0 fully saturated rings. The Bertz CT molecular complexity index is 316. The molecule has 10 heavy (non-hydrogen) atoms. The van der Waals surface area contributed by atoms with Crippen molar-refractivity contribution >= 4 is 11.8 Å². The molecular weight excluding hydrogens is 147 g/mol. The van der Waals surface area contributed by atoms with Crippen molar-refractivity contribution in [3.63, 3.8) is 0 Å². The van der Waals surface area contributed by atoms with E-state index in [0.29, 0.717) is 5.56 Å². The highest BCUT2D eigenvalue weighted by molar-refractivity contribution is 7.99. The van der Waals surface area contributed by atoms with Crippen LogP contribution in [0.5, 0.6) is 0 Å². The van der Waals surface area contributed by atoms with E-state index in [-0.39, 0.29) is 5.82 Å². The van der Waals surface area contributed by atoms with Crippen molar-refractivity contribution < 1.29 is 7.13 Å². The molecule has 2 atom stereocenters. The second kappa shape index (κ2) is 2.27. The lowest BCUT2D eigenvalue weighted by atomic mass is 10.2. The summed E-state index contributed by atoms with van der Waals surface area (Å²) in [6.45, 7) is 0. The second-order valence-electron chi connectivity index (χ2n) is 2.07. The molecule has 1 aliphatic rings. The fraction of sp³-hybridized carbons (Fsp3) is 0.250. The Balaban J connectivity index is 2.55. The van der Waals surface area contributed by atoms with Gasteiger partial charge in [0, 0.05) is 18.9 Å². The van der Waals surface area contributed by atoms with E-state index in [0.717, 1.165) is 4.90 Å². The quantitative estimate of drug-likeness (QED) is 0.556. The molecule has 52 valence electrons. The minimum absolute atomic E-state index is 0.352. The van der Waals surface area contributed by atoms with Crippen LogP contribution in [-0.2, 0) is 6.40 Å². The first-order valence-electron chi connectivity index (χ1n) is 4.15. The van der Waals surface area contributed by atoms with Gasteiger partial charge in [-0.2, -0.15) is 0 Å². The predicted molar refractivity (Wildman–Crippen MR) is 40.8 cm³/mol. The summed E-state index contributed by atoms with van der Waals surface area (Å²) < 4.78 is 28.0. The number of thioether (sulfide) groups is 1. The van der Waals surface area contributed by atoms with Crippen LogP contribution in [0, 0.1) is 5.82 Å². The van der Waals surface area contributed by atoms with Crippen LogP contribution in [0.15, 0.2) is 23.1 Å². The lowest BCUT2D eigenvalue weighted by Gasteiger charge is -1.96. The highest BCUT2D eigenvalue weighted by Gasteiger charge is 2.13. The van der Waals surface area contributed by atoms with E-state index in [4.69, 9.17) is 2.74 Å². The molecular formula is C8H7FS. The van der Waals surface area contributed by atoms with Gasteiger partial charge in [0.15, 0.2) is 0 Å². The Hall–Kier alpha value is -0.500. The molecule has 1 aliphatic heterocycles. The topological polar surface area (TPSA) is 0 Å². The molecule has 0 radical (unpaired) electrons. The van der Waals surface area contributed by atoms with Gasteiger partial charge in [-0.25, -0.2) is 4.39 Å². The lowest BCUT2D eigenvalue weighted by Crippen LogP contribution is -1.85.